The van der Waals surface area contributed by atoms with Crippen LogP contribution in [0.15, 0.2) is 59.5 Å². The zero-order valence-electron chi connectivity index (χ0n) is 12.9. The van der Waals surface area contributed by atoms with Crippen molar-refractivity contribution in [1.82, 2.24) is 20.2 Å². The van der Waals surface area contributed by atoms with Crippen molar-refractivity contribution < 1.29 is 13.2 Å². The Hall–Kier alpha value is -3.11. The maximum atomic E-state index is 12.1. The first-order valence-electron chi connectivity index (χ1n) is 7.18. The number of nitrogens with one attached hydrogen (secondary N) is 1. The predicted molar refractivity (Wildman–Crippen MR) is 89.7 cm³/mol. The van der Waals surface area contributed by atoms with E-state index in [1.807, 2.05) is 30.3 Å². The van der Waals surface area contributed by atoms with E-state index in [0.29, 0.717) is 11.5 Å². The lowest BCUT2D eigenvalue weighted by molar-refractivity contribution is -0.117. The van der Waals surface area contributed by atoms with Crippen molar-refractivity contribution >= 4 is 21.6 Å². The number of primary sulfonamides is 1. The van der Waals surface area contributed by atoms with E-state index in [-0.39, 0.29) is 11.4 Å². The fourth-order valence-electron chi connectivity index (χ4n) is 2.09. The van der Waals surface area contributed by atoms with Gasteiger partial charge in [0.25, 0.3) is 0 Å². The average molecular weight is 358 g/mol. The number of carbonyl (C=O) groups excluding carboxylic acids is 1. The molecule has 3 aromatic rings. The van der Waals surface area contributed by atoms with Gasteiger partial charge in [0.2, 0.25) is 21.8 Å². The summed E-state index contributed by atoms with van der Waals surface area (Å²) in [6, 6.07) is 14.9. The Labute approximate surface area is 143 Å². The predicted octanol–water partition coefficient (Wildman–Crippen LogP) is 0.626. The molecule has 0 fully saturated rings. The van der Waals surface area contributed by atoms with E-state index < -0.39 is 15.9 Å². The van der Waals surface area contributed by atoms with Crippen molar-refractivity contribution in [1.29, 1.82) is 0 Å². The van der Waals surface area contributed by atoms with Gasteiger partial charge < -0.3 is 5.32 Å². The standard InChI is InChI=1S/C15H14N6O3S/c16-25(23,24)13-8-4-7-12(9-13)17-14(22)10-21-19-15(18-20-21)11-5-2-1-3-6-11/h1-9H,10H2,(H,17,22)(H2,16,23,24). The zero-order valence-corrected chi connectivity index (χ0v) is 13.7. The van der Waals surface area contributed by atoms with Gasteiger partial charge in [-0.05, 0) is 23.4 Å². The van der Waals surface area contributed by atoms with Crippen LogP contribution in [0.4, 0.5) is 5.69 Å². The maximum Gasteiger partial charge on any atom is 0.248 e. The number of carbonyl (C=O) groups is 1. The van der Waals surface area contributed by atoms with E-state index >= 15 is 0 Å². The Bertz CT molecular complexity index is 1000. The summed E-state index contributed by atoms with van der Waals surface area (Å²) in [7, 11) is -3.84. The van der Waals surface area contributed by atoms with Crippen LogP contribution in [0.2, 0.25) is 0 Å². The lowest BCUT2D eigenvalue weighted by Gasteiger charge is -2.06. The van der Waals surface area contributed by atoms with Gasteiger partial charge in [-0.3, -0.25) is 4.79 Å². The fraction of sp³-hybridized carbons (Fsp3) is 0.0667. The topological polar surface area (TPSA) is 133 Å². The van der Waals surface area contributed by atoms with Crippen molar-refractivity contribution in [2.75, 3.05) is 5.32 Å². The Morgan fingerprint density at radius 2 is 1.88 bits per heavy atom. The molecule has 0 saturated carbocycles. The van der Waals surface area contributed by atoms with Gasteiger partial charge in [0.1, 0.15) is 6.54 Å². The maximum absolute atomic E-state index is 12.1. The Balaban J connectivity index is 1.69. The molecule has 3 rings (SSSR count). The van der Waals surface area contributed by atoms with Crippen LogP contribution in [0.5, 0.6) is 0 Å². The van der Waals surface area contributed by atoms with Crippen LogP contribution in [0.1, 0.15) is 0 Å². The van der Waals surface area contributed by atoms with Crippen molar-refractivity contribution in [3.63, 3.8) is 0 Å². The van der Waals surface area contributed by atoms with Gasteiger partial charge in [-0.2, -0.15) is 4.80 Å². The quantitative estimate of drug-likeness (QED) is 0.687. The first-order chi connectivity index (χ1) is 11.9. The molecule has 1 amide bonds. The third kappa shape index (κ3) is 4.25. The van der Waals surface area contributed by atoms with Crippen LogP contribution in [0.3, 0.4) is 0 Å². The summed E-state index contributed by atoms with van der Waals surface area (Å²) in [5.74, 6) is -0.0202. The Morgan fingerprint density at radius 3 is 2.60 bits per heavy atom. The number of sulfonamides is 1. The third-order valence-electron chi connectivity index (χ3n) is 3.22. The van der Waals surface area contributed by atoms with E-state index in [0.717, 1.165) is 10.4 Å². The number of tetrazole rings is 1. The number of hydrogen-bond acceptors (Lipinski definition) is 6. The smallest absolute Gasteiger partial charge is 0.248 e. The fourth-order valence-corrected chi connectivity index (χ4v) is 2.65. The van der Waals surface area contributed by atoms with E-state index in [4.69, 9.17) is 5.14 Å². The van der Waals surface area contributed by atoms with Crippen molar-refractivity contribution in [2.24, 2.45) is 5.14 Å². The average Bonchev–Trinajstić information content (AvgIpc) is 3.03. The second-order valence-electron chi connectivity index (χ2n) is 5.13. The lowest BCUT2D eigenvalue weighted by atomic mass is 10.2. The lowest BCUT2D eigenvalue weighted by Crippen LogP contribution is -2.21. The van der Waals surface area contributed by atoms with Gasteiger partial charge in [0.05, 0.1) is 4.90 Å². The Morgan fingerprint density at radius 1 is 1.12 bits per heavy atom. The normalized spacial score (nSPS) is 11.2. The largest absolute Gasteiger partial charge is 0.324 e. The van der Waals surface area contributed by atoms with Crippen LogP contribution in [-0.2, 0) is 21.4 Å². The second-order valence-corrected chi connectivity index (χ2v) is 6.69. The van der Waals surface area contributed by atoms with Gasteiger partial charge >= 0.3 is 0 Å². The molecule has 0 bridgehead atoms. The van der Waals surface area contributed by atoms with E-state index in [1.165, 1.54) is 18.2 Å². The number of hydrogen-bond donors (Lipinski definition) is 2. The molecule has 0 unspecified atom stereocenters. The third-order valence-corrected chi connectivity index (χ3v) is 4.13. The molecule has 2 aromatic carbocycles. The van der Waals surface area contributed by atoms with E-state index in [2.05, 4.69) is 20.7 Å². The Kier molecular flexibility index (Phi) is 4.55. The van der Waals surface area contributed by atoms with Crippen LogP contribution in [0, 0.1) is 0 Å². The molecule has 0 atom stereocenters. The number of nitrogens with zero attached hydrogens (tertiary/aromatic N) is 4. The van der Waals surface area contributed by atoms with Crippen molar-refractivity contribution in [3.8, 4) is 11.4 Å². The molecule has 0 aliphatic rings. The van der Waals surface area contributed by atoms with E-state index in [9.17, 15) is 13.2 Å². The summed E-state index contributed by atoms with van der Waals surface area (Å²) >= 11 is 0. The summed E-state index contributed by atoms with van der Waals surface area (Å²) < 4.78 is 22.7. The van der Waals surface area contributed by atoms with Crippen LogP contribution < -0.4 is 10.5 Å². The highest BCUT2D eigenvalue weighted by Crippen LogP contribution is 2.14. The number of nitrogens with two attached hydrogens (primary N) is 1. The molecule has 9 nitrogen and oxygen atoms in total. The molecule has 128 valence electrons. The molecule has 1 heterocycles. The summed E-state index contributed by atoms with van der Waals surface area (Å²) in [6.07, 6.45) is 0. The monoisotopic (exact) mass is 358 g/mol. The molecule has 1 aromatic heterocycles. The minimum Gasteiger partial charge on any atom is -0.324 e. The minimum absolute atomic E-state index is 0.0875. The summed E-state index contributed by atoms with van der Waals surface area (Å²) in [6.45, 7) is -0.167. The van der Waals surface area contributed by atoms with Crippen LogP contribution in [0.25, 0.3) is 11.4 Å². The molecular formula is C15H14N6O3S. The number of aromatic nitrogens is 4. The van der Waals surface area contributed by atoms with Gasteiger partial charge in [-0.15, -0.1) is 10.2 Å². The first kappa shape index (κ1) is 16.7. The highest BCUT2D eigenvalue weighted by molar-refractivity contribution is 7.89. The molecular weight excluding hydrogens is 344 g/mol. The first-order valence-corrected chi connectivity index (χ1v) is 8.72. The molecule has 0 radical (unpaired) electrons. The summed E-state index contributed by atoms with van der Waals surface area (Å²) in [4.78, 5) is 13.1. The van der Waals surface area contributed by atoms with E-state index in [1.54, 1.807) is 6.07 Å². The molecule has 0 spiro atoms. The van der Waals surface area contributed by atoms with Crippen LogP contribution in [-0.4, -0.2) is 34.5 Å². The molecule has 0 aliphatic heterocycles. The van der Waals surface area contributed by atoms with Gasteiger partial charge in [-0.1, -0.05) is 36.4 Å². The molecule has 0 aliphatic carbocycles. The molecule has 3 N–H and O–H groups in total. The number of rotatable bonds is 5. The summed E-state index contributed by atoms with van der Waals surface area (Å²) in [5, 5.41) is 19.5. The number of anilines is 1. The molecule has 0 saturated heterocycles. The highest BCUT2D eigenvalue weighted by atomic mass is 32.2. The van der Waals surface area contributed by atoms with Gasteiger partial charge in [0, 0.05) is 11.3 Å². The molecule has 10 heteroatoms. The SMILES string of the molecule is NS(=O)(=O)c1cccc(NC(=O)Cn2nnc(-c3ccccc3)n2)c1. The second kappa shape index (κ2) is 6.79. The van der Waals surface area contributed by atoms with Gasteiger partial charge in [-0.25, -0.2) is 13.6 Å². The van der Waals surface area contributed by atoms with Crippen LogP contribution >= 0.6 is 0 Å². The highest BCUT2D eigenvalue weighted by Gasteiger charge is 2.11. The summed E-state index contributed by atoms with van der Waals surface area (Å²) in [5.41, 5.74) is 1.09. The van der Waals surface area contributed by atoms with Crippen molar-refractivity contribution in [3.05, 3.63) is 54.6 Å². The number of benzene rings is 2. The number of amides is 1. The minimum atomic E-state index is -3.84. The zero-order chi connectivity index (χ0) is 17.9. The van der Waals surface area contributed by atoms with Gasteiger partial charge in [0.15, 0.2) is 0 Å². The molecule has 25 heavy (non-hydrogen) atoms. The van der Waals surface area contributed by atoms with Crippen molar-refractivity contribution in [2.45, 2.75) is 11.4 Å².